The average molecular weight is 406 g/mol. The van der Waals surface area contributed by atoms with Crippen LogP contribution >= 0.6 is 0 Å². The third kappa shape index (κ3) is 3.61. The first-order chi connectivity index (χ1) is 14.3. The van der Waals surface area contributed by atoms with E-state index >= 15 is 0 Å². The normalized spacial score (nSPS) is 16.2. The van der Waals surface area contributed by atoms with E-state index in [2.05, 4.69) is 4.98 Å². The van der Waals surface area contributed by atoms with Gasteiger partial charge in [-0.05, 0) is 41.1 Å². The number of benzene rings is 2. The number of alkyl carbamates (subject to hydrolysis) is 1. The molecule has 2 N–H and O–H groups in total. The zero-order valence-electron chi connectivity index (χ0n) is 16.4. The van der Waals surface area contributed by atoms with Gasteiger partial charge in [0.2, 0.25) is 0 Å². The second-order valence-corrected chi connectivity index (χ2v) is 7.48. The molecule has 0 spiro atoms. The number of aromatic nitrogens is 1. The smallest absolute Gasteiger partial charge is 0.404 e. The van der Waals surface area contributed by atoms with Crippen LogP contribution in [-0.4, -0.2) is 17.0 Å². The maximum atomic E-state index is 14.1. The number of H-pyrrole nitrogens is 1. The van der Waals surface area contributed by atoms with Gasteiger partial charge in [-0.25, -0.2) is 9.18 Å². The van der Waals surface area contributed by atoms with Gasteiger partial charge in [-0.1, -0.05) is 44.2 Å². The molecule has 1 aliphatic rings. The van der Waals surface area contributed by atoms with Gasteiger partial charge in [0.1, 0.15) is 5.82 Å². The van der Waals surface area contributed by atoms with Crippen molar-refractivity contribution in [1.82, 2.24) is 10.3 Å². The van der Waals surface area contributed by atoms with Crippen molar-refractivity contribution in [3.8, 4) is 11.3 Å². The molecule has 1 atom stereocenters. The molecular formula is C23H19FN2O4. The van der Waals surface area contributed by atoms with Crippen LogP contribution in [0.5, 0.6) is 0 Å². The molecule has 1 fully saturated rings. The van der Waals surface area contributed by atoms with Crippen molar-refractivity contribution in [1.29, 1.82) is 0 Å². The zero-order valence-corrected chi connectivity index (χ0v) is 16.4. The SMILES string of the molecule is CC(C)[C@@H](/C=C1\OC(=O)NC1=O)c1ccc(-c2ccc3cccc(F)c3c2)[nH]c1=O. The predicted octanol–water partition coefficient (Wildman–Crippen LogP) is 4.22. The van der Waals surface area contributed by atoms with Gasteiger partial charge in [-0.15, -0.1) is 0 Å². The summed E-state index contributed by atoms with van der Waals surface area (Å²) in [6.45, 7) is 3.80. The summed E-state index contributed by atoms with van der Waals surface area (Å²) >= 11 is 0. The molecule has 7 heteroatoms. The molecule has 0 saturated carbocycles. The minimum Gasteiger partial charge on any atom is -0.404 e. The molecule has 6 nitrogen and oxygen atoms in total. The highest BCUT2D eigenvalue weighted by Crippen LogP contribution is 2.28. The number of aromatic amines is 1. The Balaban J connectivity index is 1.73. The maximum Gasteiger partial charge on any atom is 0.419 e. The first kappa shape index (κ1) is 19.6. The summed E-state index contributed by atoms with van der Waals surface area (Å²) in [5.41, 5.74) is 1.33. The van der Waals surface area contributed by atoms with Crippen molar-refractivity contribution in [2.24, 2.45) is 5.92 Å². The summed E-state index contributed by atoms with van der Waals surface area (Å²) in [7, 11) is 0. The highest BCUT2D eigenvalue weighted by atomic mass is 19.1. The second kappa shape index (κ2) is 7.59. The van der Waals surface area contributed by atoms with E-state index in [0.717, 1.165) is 5.39 Å². The van der Waals surface area contributed by atoms with Crippen LogP contribution in [0.1, 0.15) is 25.3 Å². The average Bonchev–Trinajstić information content (AvgIpc) is 3.03. The molecule has 3 aromatic rings. The van der Waals surface area contributed by atoms with Crippen molar-refractivity contribution < 1.29 is 18.7 Å². The standard InChI is InChI=1S/C23H19FN2O4/c1-12(2)16(11-20-22(28)26-23(29)30-20)15-8-9-19(25-21(15)27)14-7-6-13-4-3-5-18(24)17(13)10-14/h3-12,16H,1-2H3,(H,25,27)(H,26,28,29)/b20-11-/t16-/m1/s1. The number of hydrogen-bond acceptors (Lipinski definition) is 4. The van der Waals surface area contributed by atoms with E-state index in [1.165, 1.54) is 12.1 Å². The van der Waals surface area contributed by atoms with Crippen molar-refractivity contribution in [3.05, 3.63) is 82.1 Å². The monoisotopic (exact) mass is 406 g/mol. The van der Waals surface area contributed by atoms with Crippen LogP contribution in [0.2, 0.25) is 0 Å². The number of carbonyl (C=O) groups excluding carboxylic acids is 2. The molecule has 2 aromatic carbocycles. The zero-order chi connectivity index (χ0) is 21.4. The molecule has 1 saturated heterocycles. The van der Waals surface area contributed by atoms with E-state index in [9.17, 15) is 18.8 Å². The van der Waals surface area contributed by atoms with Crippen LogP contribution in [0.3, 0.4) is 0 Å². The van der Waals surface area contributed by atoms with Gasteiger partial charge in [-0.2, -0.15) is 0 Å². The molecule has 0 radical (unpaired) electrons. The number of carbonyl (C=O) groups is 2. The number of rotatable bonds is 4. The topological polar surface area (TPSA) is 88.3 Å². The number of nitrogens with one attached hydrogen (secondary N) is 2. The van der Waals surface area contributed by atoms with Gasteiger partial charge < -0.3 is 9.72 Å². The molecule has 1 aliphatic heterocycles. The number of amides is 2. The van der Waals surface area contributed by atoms with E-state index in [0.29, 0.717) is 22.2 Å². The molecule has 152 valence electrons. The fourth-order valence-corrected chi connectivity index (χ4v) is 3.56. The van der Waals surface area contributed by atoms with E-state index in [4.69, 9.17) is 4.74 Å². The number of cyclic esters (lactones) is 1. The summed E-state index contributed by atoms with van der Waals surface area (Å²) in [5.74, 6) is -1.55. The Morgan fingerprint density at radius 1 is 1.03 bits per heavy atom. The third-order valence-electron chi connectivity index (χ3n) is 5.13. The third-order valence-corrected chi connectivity index (χ3v) is 5.13. The van der Waals surface area contributed by atoms with E-state index in [1.54, 1.807) is 30.3 Å². The first-order valence-corrected chi connectivity index (χ1v) is 9.50. The number of fused-ring (bicyclic) bond motifs is 1. The van der Waals surface area contributed by atoms with Crippen molar-refractivity contribution in [2.75, 3.05) is 0 Å². The summed E-state index contributed by atoms with van der Waals surface area (Å²) in [5, 5.41) is 3.28. The molecule has 2 amide bonds. The summed E-state index contributed by atoms with van der Waals surface area (Å²) in [4.78, 5) is 38.7. The Bertz CT molecular complexity index is 1260. The molecule has 1 aromatic heterocycles. The van der Waals surface area contributed by atoms with Crippen LogP contribution in [0.15, 0.2) is 65.2 Å². The highest BCUT2D eigenvalue weighted by Gasteiger charge is 2.29. The van der Waals surface area contributed by atoms with Crippen LogP contribution in [0.4, 0.5) is 9.18 Å². The summed E-state index contributed by atoms with van der Waals surface area (Å²) < 4.78 is 19.0. The van der Waals surface area contributed by atoms with E-state index in [1.807, 2.05) is 31.3 Å². The lowest BCUT2D eigenvalue weighted by molar-refractivity contribution is -0.116. The Morgan fingerprint density at radius 2 is 1.83 bits per heavy atom. The molecule has 2 heterocycles. The largest absolute Gasteiger partial charge is 0.419 e. The van der Waals surface area contributed by atoms with Gasteiger partial charge in [0.15, 0.2) is 5.76 Å². The summed E-state index contributed by atoms with van der Waals surface area (Å²) in [6, 6.07) is 13.6. The van der Waals surface area contributed by atoms with Gasteiger partial charge in [0, 0.05) is 22.6 Å². The van der Waals surface area contributed by atoms with E-state index in [-0.39, 0.29) is 23.1 Å². The maximum absolute atomic E-state index is 14.1. The predicted molar refractivity (Wildman–Crippen MR) is 110 cm³/mol. The van der Waals surface area contributed by atoms with Crippen LogP contribution in [-0.2, 0) is 9.53 Å². The second-order valence-electron chi connectivity index (χ2n) is 7.48. The number of pyridine rings is 1. The van der Waals surface area contributed by atoms with Gasteiger partial charge in [0.25, 0.3) is 11.5 Å². The van der Waals surface area contributed by atoms with Crippen LogP contribution in [0.25, 0.3) is 22.0 Å². The number of hydrogen-bond donors (Lipinski definition) is 2. The molecule has 0 bridgehead atoms. The van der Waals surface area contributed by atoms with Gasteiger partial charge in [0.05, 0.1) is 0 Å². The lowest BCUT2D eigenvalue weighted by Gasteiger charge is -2.17. The molecule has 30 heavy (non-hydrogen) atoms. The molecule has 4 rings (SSSR count). The Labute approximate surface area is 171 Å². The highest BCUT2D eigenvalue weighted by molar-refractivity contribution is 6.07. The number of ether oxygens (including phenoxy) is 1. The first-order valence-electron chi connectivity index (χ1n) is 9.50. The van der Waals surface area contributed by atoms with E-state index < -0.39 is 17.9 Å². The Kier molecular flexibility index (Phi) is 4.95. The Morgan fingerprint density at radius 3 is 2.50 bits per heavy atom. The number of imide groups is 1. The minimum absolute atomic E-state index is 0.0358. The molecular weight excluding hydrogens is 387 g/mol. The summed E-state index contributed by atoms with van der Waals surface area (Å²) in [6.07, 6.45) is 0.655. The van der Waals surface area contributed by atoms with Gasteiger partial charge in [-0.3, -0.25) is 14.9 Å². The Hall–Kier alpha value is -3.74. The number of allylic oxidation sites excluding steroid dienone is 1. The lowest BCUT2D eigenvalue weighted by Crippen LogP contribution is -2.21. The van der Waals surface area contributed by atoms with Crippen LogP contribution < -0.4 is 10.9 Å². The van der Waals surface area contributed by atoms with Crippen molar-refractivity contribution in [2.45, 2.75) is 19.8 Å². The number of halogens is 1. The van der Waals surface area contributed by atoms with Crippen molar-refractivity contribution in [3.63, 3.8) is 0 Å². The van der Waals surface area contributed by atoms with Crippen molar-refractivity contribution >= 4 is 22.8 Å². The molecule has 0 aliphatic carbocycles. The fourth-order valence-electron chi connectivity index (χ4n) is 3.56. The quantitative estimate of drug-likeness (QED) is 0.635. The van der Waals surface area contributed by atoms with Crippen LogP contribution in [0, 0.1) is 11.7 Å². The van der Waals surface area contributed by atoms with Gasteiger partial charge >= 0.3 is 6.09 Å². The lowest BCUT2D eigenvalue weighted by atomic mass is 9.88. The fraction of sp³-hybridized carbons (Fsp3) is 0.174. The molecule has 0 unspecified atom stereocenters. The minimum atomic E-state index is -0.832.